The fourth-order valence-corrected chi connectivity index (χ4v) is 2.14. The average Bonchev–Trinajstić information content (AvgIpc) is 2.50. The first-order valence-corrected chi connectivity index (χ1v) is 8.77. The fraction of sp³-hybridized carbons (Fsp3) is 0.875. The van der Waals surface area contributed by atoms with Gasteiger partial charge in [0.05, 0.1) is 6.61 Å². The Morgan fingerprint density at radius 1 is 0.864 bits per heavy atom. The van der Waals surface area contributed by atoms with Crippen LogP contribution in [-0.4, -0.2) is 31.3 Å². The van der Waals surface area contributed by atoms with E-state index >= 15 is 0 Å². The summed E-state index contributed by atoms with van der Waals surface area (Å²) in [6.45, 7) is 4.43. The highest BCUT2D eigenvalue weighted by Crippen LogP contribution is 2.08. The number of unbranched alkanes of at least 4 members (excludes halogenated alkanes) is 5. The van der Waals surface area contributed by atoms with Crippen molar-refractivity contribution in [2.24, 2.45) is 0 Å². The van der Waals surface area contributed by atoms with Crippen LogP contribution in [0.5, 0.6) is 0 Å². The van der Waals surface area contributed by atoms with Crippen molar-refractivity contribution in [2.75, 3.05) is 13.2 Å². The van der Waals surface area contributed by atoms with Crippen molar-refractivity contribution in [3.63, 3.8) is 0 Å². The topological polar surface area (TPSA) is 61.8 Å². The number of ether oxygens (including phenoxy) is 2. The van der Waals surface area contributed by atoms with Crippen molar-refractivity contribution in [3.05, 3.63) is 0 Å². The van der Waals surface area contributed by atoms with E-state index < -0.39 is 6.10 Å². The zero-order valence-electron chi connectivity index (χ0n) is 14.0. The van der Waals surface area contributed by atoms with Gasteiger partial charge in [-0.25, -0.2) is 0 Å². The lowest BCUT2D eigenvalue weighted by Gasteiger charge is -2.17. The first kappa shape index (κ1) is 21.3. The van der Waals surface area contributed by atoms with E-state index in [-0.39, 0.29) is 25.2 Å². The van der Waals surface area contributed by atoms with Crippen LogP contribution in [0.1, 0.15) is 71.6 Å². The molecule has 0 aliphatic carbocycles. The lowest BCUT2D eigenvalue weighted by molar-refractivity contribution is -0.160. The van der Waals surface area contributed by atoms with Crippen molar-refractivity contribution in [1.82, 2.24) is 0 Å². The van der Waals surface area contributed by atoms with Gasteiger partial charge in [0.2, 0.25) is 0 Å². The number of carbonyl (C=O) groups excluding carboxylic acids is 2. The average molecular weight is 334 g/mol. The minimum Gasteiger partial charge on any atom is -0.462 e. The Morgan fingerprint density at radius 3 is 2.14 bits per heavy atom. The van der Waals surface area contributed by atoms with Crippen LogP contribution in [-0.2, 0) is 23.6 Å². The monoisotopic (exact) mass is 334 g/mol. The van der Waals surface area contributed by atoms with Gasteiger partial charge in [0.15, 0.2) is 6.10 Å². The molecular weight excluding hydrogens is 303 g/mol. The summed E-state index contributed by atoms with van der Waals surface area (Å²) in [6, 6.07) is 0. The SMILES string of the molecule is CCCCCCCC(=O)O[C@@H](COP)COC(=O)CCCC. The molecule has 22 heavy (non-hydrogen) atoms. The van der Waals surface area contributed by atoms with Gasteiger partial charge in [-0.2, -0.15) is 0 Å². The maximum atomic E-state index is 11.8. The van der Waals surface area contributed by atoms with E-state index in [0.29, 0.717) is 12.8 Å². The Hall–Kier alpha value is -0.670. The standard InChI is InChI=1S/C16H31O5P/c1-3-5-7-8-9-11-16(18)21-14(13-20-22)12-19-15(17)10-6-4-2/h14H,3-13,22H2,1-2H3/t14-/m1/s1. The molecule has 0 amide bonds. The van der Waals surface area contributed by atoms with E-state index in [1.165, 1.54) is 12.8 Å². The predicted molar refractivity (Wildman–Crippen MR) is 89.4 cm³/mol. The number of esters is 2. The van der Waals surface area contributed by atoms with Gasteiger partial charge in [0.1, 0.15) is 6.61 Å². The van der Waals surface area contributed by atoms with E-state index in [1.807, 2.05) is 6.92 Å². The molecule has 0 aromatic carbocycles. The highest BCUT2D eigenvalue weighted by molar-refractivity contribution is 7.09. The van der Waals surface area contributed by atoms with Gasteiger partial charge >= 0.3 is 11.9 Å². The first-order valence-electron chi connectivity index (χ1n) is 8.30. The van der Waals surface area contributed by atoms with Crippen molar-refractivity contribution in [1.29, 1.82) is 0 Å². The van der Waals surface area contributed by atoms with E-state index in [0.717, 1.165) is 32.1 Å². The maximum absolute atomic E-state index is 11.8. The van der Waals surface area contributed by atoms with Crippen molar-refractivity contribution < 1.29 is 23.6 Å². The summed E-state index contributed by atoms with van der Waals surface area (Å²) in [4.78, 5) is 23.2. The number of hydrogen-bond donors (Lipinski definition) is 0. The zero-order valence-corrected chi connectivity index (χ0v) is 15.1. The Bertz CT molecular complexity index is 296. The second-order valence-corrected chi connectivity index (χ2v) is 5.73. The van der Waals surface area contributed by atoms with Gasteiger partial charge in [-0.05, 0) is 12.8 Å². The summed E-state index contributed by atoms with van der Waals surface area (Å²) < 4.78 is 15.3. The molecule has 0 aromatic rings. The quantitative estimate of drug-likeness (QED) is 0.275. The molecule has 0 fully saturated rings. The smallest absolute Gasteiger partial charge is 0.306 e. The summed E-state index contributed by atoms with van der Waals surface area (Å²) >= 11 is 0. The molecule has 0 aromatic heterocycles. The molecule has 0 aliphatic heterocycles. The summed E-state index contributed by atoms with van der Waals surface area (Å²) in [5.41, 5.74) is 0. The van der Waals surface area contributed by atoms with E-state index in [4.69, 9.17) is 14.0 Å². The third kappa shape index (κ3) is 13.0. The van der Waals surface area contributed by atoms with E-state index in [9.17, 15) is 9.59 Å². The molecule has 0 spiro atoms. The Morgan fingerprint density at radius 2 is 1.50 bits per heavy atom. The van der Waals surface area contributed by atoms with Gasteiger partial charge in [0.25, 0.3) is 0 Å². The highest BCUT2D eigenvalue weighted by atomic mass is 31.0. The van der Waals surface area contributed by atoms with Gasteiger partial charge in [-0.15, -0.1) is 0 Å². The summed E-state index contributed by atoms with van der Waals surface area (Å²) in [7, 11) is 2.11. The molecule has 0 saturated carbocycles. The van der Waals surface area contributed by atoms with Gasteiger partial charge in [-0.3, -0.25) is 9.59 Å². The second kappa shape index (κ2) is 15.2. The zero-order chi connectivity index (χ0) is 16.6. The largest absolute Gasteiger partial charge is 0.462 e. The lowest BCUT2D eigenvalue weighted by Crippen LogP contribution is -2.28. The molecular formula is C16H31O5P. The van der Waals surface area contributed by atoms with E-state index in [1.54, 1.807) is 0 Å². The molecule has 130 valence electrons. The molecule has 1 unspecified atom stereocenters. The van der Waals surface area contributed by atoms with Crippen LogP contribution in [0.4, 0.5) is 0 Å². The molecule has 0 bridgehead atoms. The summed E-state index contributed by atoms with van der Waals surface area (Å²) in [5.74, 6) is -0.514. The van der Waals surface area contributed by atoms with E-state index in [2.05, 4.69) is 16.4 Å². The van der Waals surface area contributed by atoms with Crippen LogP contribution in [0.3, 0.4) is 0 Å². The Balaban J connectivity index is 3.90. The van der Waals surface area contributed by atoms with Gasteiger partial charge < -0.3 is 14.0 Å². The van der Waals surface area contributed by atoms with Crippen molar-refractivity contribution >= 4 is 21.4 Å². The maximum Gasteiger partial charge on any atom is 0.306 e. The minimum atomic E-state index is -0.536. The summed E-state index contributed by atoms with van der Waals surface area (Å²) in [6.07, 6.45) is 7.43. The highest BCUT2D eigenvalue weighted by Gasteiger charge is 2.16. The molecule has 0 rings (SSSR count). The first-order chi connectivity index (χ1) is 10.6. The summed E-state index contributed by atoms with van der Waals surface area (Å²) in [5, 5.41) is 0. The van der Waals surface area contributed by atoms with Crippen LogP contribution in [0.25, 0.3) is 0 Å². The molecule has 0 heterocycles. The molecule has 0 radical (unpaired) electrons. The number of hydrogen-bond acceptors (Lipinski definition) is 5. The van der Waals surface area contributed by atoms with Crippen molar-refractivity contribution in [2.45, 2.75) is 77.7 Å². The lowest BCUT2D eigenvalue weighted by atomic mass is 10.1. The molecule has 0 aliphatic rings. The third-order valence-electron chi connectivity index (χ3n) is 3.23. The van der Waals surface area contributed by atoms with Crippen LogP contribution in [0.15, 0.2) is 0 Å². The Labute approximate surface area is 136 Å². The second-order valence-electron chi connectivity index (χ2n) is 5.40. The van der Waals surface area contributed by atoms with Crippen LogP contribution >= 0.6 is 9.47 Å². The Kier molecular flexibility index (Phi) is 14.8. The fourth-order valence-electron chi connectivity index (χ4n) is 1.92. The van der Waals surface area contributed by atoms with Crippen LogP contribution in [0, 0.1) is 0 Å². The predicted octanol–water partition coefficient (Wildman–Crippen LogP) is 3.80. The number of rotatable bonds is 14. The normalized spacial score (nSPS) is 12.0. The van der Waals surface area contributed by atoms with Crippen LogP contribution in [0.2, 0.25) is 0 Å². The van der Waals surface area contributed by atoms with Gasteiger partial charge in [0, 0.05) is 22.3 Å². The molecule has 5 nitrogen and oxygen atoms in total. The van der Waals surface area contributed by atoms with Gasteiger partial charge in [-0.1, -0.05) is 46.0 Å². The number of carbonyl (C=O) groups is 2. The third-order valence-corrected chi connectivity index (χ3v) is 3.42. The minimum absolute atomic E-state index is 0.0541. The molecule has 0 saturated heterocycles. The molecule has 6 heteroatoms. The van der Waals surface area contributed by atoms with Crippen molar-refractivity contribution in [3.8, 4) is 0 Å². The van der Waals surface area contributed by atoms with Crippen LogP contribution < -0.4 is 0 Å². The molecule has 2 atom stereocenters. The molecule has 0 N–H and O–H groups in total.